The Morgan fingerprint density at radius 1 is 1.41 bits per heavy atom. The van der Waals surface area contributed by atoms with Gasteiger partial charge in [-0.05, 0) is 37.1 Å². The largest absolute Gasteiger partial charge is 0.481 e. The molecule has 0 fully saturated rings. The zero-order valence-electron chi connectivity index (χ0n) is 11.7. The number of hydrogen-bond acceptors (Lipinski definition) is 5. The van der Waals surface area contributed by atoms with Crippen LogP contribution in [-0.4, -0.2) is 35.7 Å². The van der Waals surface area contributed by atoms with Crippen molar-refractivity contribution in [3.05, 3.63) is 23.8 Å². The summed E-state index contributed by atoms with van der Waals surface area (Å²) in [7, 11) is -4.31. The second-order valence-electron chi connectivity index (χ2n) is 4.87. The molecule has 8 nitrogen and oxygen atoms in total. The molecule has 0 atom stereocenters. The molecule has 0 saturated carbocycles. The summed E-state index contributed by atoms with van der Waals surface area (Å²) in [6.07, 6.45) is 0.104. The molecule has 2 N–H and O–H groups in total. The highest BCUT2D eigenvalue weighted by Crippen LogP contribution is 2.27. The molecule has 0 aliphatic carbocycles. The highest BCUT2D eigenvalue weighted by Gasteiger charge is 2.27. The normalized spacial score (nSPS) is 15.1. The van der Waals surface area contributed by atoms with Crippen LogP contribution in [0.15, 0.2) is 28.2 Å². The van der Waals surface area contributed by atoms with Crippen LogP contribution >= 0.6 is 0 Å². The van der Waals surface area contributed by atoms with Crippen molar-refractivity contribution in [2.24, 2.45) is 5.10 Å². The number of aliphatic carboxylic acids is 1. The zero-order chi connectivity index (χ0) is 16.5. The molecule has 1 aromatic rings. The van der Waals surface area contributed by atoms with Gasteiger partial charge in [0.15, 0.2) is 0 Å². The number of nitrogens with zero attached hydrogens (tertiary/aromatic N) is 2. The summed E-state index contributed by atoms with van der Waals surface area (Å²) in [6.45, 7) is 1.59. The van der Waals surface area contributed by atoms with Crippen molar-refractivity contribution in [2.75, 3.05) is 5.01 Å². The minimum atomic E-state index is -4.31. The van der Waals surface area contributed by atoms with Crippen LogP contribution in [-0.2, 0) is 19.7 Å². The van der Waals surface area contributed by atoms with Crippen molar-refractivity contribution in [2.45, 2.75) is 31.1 Å². The Hall–Kier alpha value is -2.26. The van der Waals surface area contributed by atoms with Crippen LogP contribution in [0.1, 0.15) is 24.8 Å². The fourth-order valence-corrected chi connectivity index (χ4v) is 2.65. The van der Waals surface area contributed by atoms with Gasteiger partial charge in [0.25, 0.3) is 16.0 Å². The van der Waals surface area contributed by atoms with E-state index in [9.17, 15) is 18.0 Å². The summed E-state index contributed by atoms with van der Waals surface area (Å²) in [5.41, 5.74) is 1.31. The third-order valence-electron chi connectivity index (χ3n) is 3.15. The number of aryl methyl sites for hydroxylation is 1. The number of carboxylic acids is 1. The van der Waals surface area contributed by atoms with E-state index in [2.05, 4.69) is 5.10 Å². The van der Waals surface area contributed by atoms with Crippen LogP contribution < -0.4 is 5.01 Å². The lowest BCUT2D eigenvalue weighted by Crippen LogP contribution is -2.20. The number of carbonyl (C=O) groups is 2. The standard InChI is InChI=1S/C13H14N2O6S/c1-8-6-10(22(19,20)21)3-4-11(8)15-12(16)7-9(14-15)2-5-13(17)18/h3-4,6H,2,5,7H2,1H3,(H,17,18)(H,19,20,21). The van der Waals surface area contributed by atoms with Crippen molar-refractivity contribution in [1.82, 2.24) is 0 Å². The number of carboxylic acid groups (broad SMARTS) is 1. The summed E-state index contributed by atoms with van der Waals surface area (Å²) in [5.74, 6) is -1.29. The lowest BCUT2D eigenvalue weighted by Gasteiger charge is -2.15. The molecule has 1 amide bonds. The van der Waals surface area contributed by atoms with E-state index in [-0.39, 0.29) is 30.1 Å². The maximum atomic E-state index is 12.0. The molecule has 0 unspecified atom stereocenters. The van der Waals surface area contributed by atoms with Crippen molar-refractivity contribution < 1.29 is 27.7 Å². The van der Waals surface area contributed by atoms with Crippen molar-refractivity contribution in [3.8, 4) is 0 Å². The minimum absolute atomic E-state index is 0.0345. The first-order valence-electron chi connectivity index (χ1n) is 6.37. The maximum absolute atomic E-state index is 12.0. The Bertz CT molecular complexity index is 769. The van der Waals surface area contributed by atoms with Crippen LogP contribution in [0.3, 0.4) is 0 Å². The quantitative estimate of drug-likeness (QED) is 0.783. The number of amides is 1. The molecule has 118 valence electrons. The van der Waals surface area contributed by atoms with Crippen molar-refractivity contribution in [1.29, 1.82) is 0 Å². The molecule has 0 saturated heterocycles. The number of carbonyl (C=O) groups excluding carboxylic acids is 1. The van der Waals surface area contributed by atoms with Gasteiger partial charge in [-0.25, -0.2) is 5.01 Å². The third kappa shape index (κ3) is 3.49. The Morgan fingerprint density at radius 3 is 2.64 bits per heavy atom. The third-order valence-corrected chi connectivity index (χ3v) is 4.00. The topological polar surface area (TPSA) is 124 Å². The number of rotatable bonds is 5. The predicted octanol–water partition coefficient (Wildman–Crippen LogP) is 1.20. The van der Waals surface area contributed by atoms with Gasteiger partial charge in [0.2, 0.25) is 0 Å². The lowest BCUT2D eigenvalue weighted by molar-refractivity contribution is -0.136. The molecule has 0 spiro atoms. The molecule has 1 aliphatic rings. The van der Waals surface area contributed by atoms with E-state index in [0.717, 1.165) is 5.01 Å². The van der Waals surface area contributed by atoms with Crippen molar-refractivity contribution in [3.63, 3.8) is 0 Å². The van der Waals surface area contributed by atoms with Crippen LogP contribution in [0.2, 0.25) is 0 Å². The molecule has 1 aliphatic heterocycles. The van der Waals surface area contributed by atoms with Crippen LogP contribution in [0, 0.1) is 6.92 Å². The van der Waals surface area contributed by atoms with Gasteiger partial charge in [-0.15, -0.1) is 0 Å². The molecular formula is C13H14N2O6S. The van der Waals surface area contributed by atoms with Gasteiger partial charge < -0.3 is 5.11 Å². The van der Waals surface area contributed by atoms with E-state index in [1.54, 1.807) is 6.92 Å². The summed E-state index contributed by atoms with van der Waals surface area (Å²) >= 11 is 0. The number of hydrazone groups is 1. The van der Waals surface area contributed by atoms with Crippen LogP contribution in [0.4, 0.5) is 5.69 Å². The molecule has 1 aromatic carbocycles. The molecule has 0 radical (unpaired) electrons. The second kappa shape index (κ2) is 5.85. The highest BCUT2D eigenvalue weighted by atomic mass is 32.2. The van der Waals surface area contributed by atoms with Gasteiger partial charge >= 0.3 is 5.97 Å². The van der Waals surface area contributed by atoms with E-state index < -0.39 is 16.1 Å². The maximum Gasteiger partial charge on any atom is 0.303 e. The Labute approximate surface area is 126 Å². The monoisotopic (exact) mass is 326 g/mol. The summed E-state index contributed by atoms with van der Waals surface area (Å²) in [5, 5.41) is 13.9. The molecule has 2 rings (SSSR count). The molecule has 0 bridgehead atoms. The predicted molar refractivity (Wildman–Crippen MR) is 77.4 cm³/mol. The van der Waals surface area contributed by atoms with E-state index in [1.807, 2.05) is 0 Å². The number of hydrogen-bond donors (Lipinski definition) is 2. The van der Waals surface area contributed by atoms with E-state index in [1.165, 1.54) is 18.2 Å². The summed E-state index contributed by atoms with van der Waals surface area (Å²) in [6, 6.07) is 3.79. The van der Waals surface area contributed by atoms with Crippen LogP contribution in [0.25, 0.3) is 0 Å². The molecule has 9 heteroatoms. The average Bonchev–Trinajstić information content (AvgIpc) is 2.76. The summed E-state index contributed by atoms with van der Waals surface area (Å²) in [4.78, 5) is 22.2. The van der Waals surface area contributed by atoms with E-state index in [0.29, 0.717) is 17.0 Å². The van der Waals surface area contributed by atoms with Gasteiger partial charge in [-0.2, -0.15) is 13.5 Å². The van der Waals surface area contributed by atoms with Gasteiger partial charge in [-0.1, -0.05) is 0 Å². The fraction of sp³-hybridized carbons (Fsp3) is 0.308. The first-order valence-corrected chi connectivity index (χ1v) is 7.82. The molecule has 22 heavy (non-hydrogen) atoms. The van der Waals surface area contributed by atoms with Gasteiger partial charge in [-0.3, -0.25) is 14.1 Å². The van der Waals surface area contributed by atoms with Crippen molar-refractivity contribution >= 4 is 33.4 Å². The van der Waals surface area contributed by atoms with Crippen LogP contribution in [0.5, 0.6) is 0 Å². The molecular weight excluding hydrogens is 312 g/mol. The highest BCUT2D eigenvalue weighted by molar-refractivity contribution is 7.85. The zero-order valence-corrected chi connectivity index (χ0v) is 12.5. The summed E-state index contributed by atoms with van der Waals surface area (Å²) < 4.78 is 31.1. The Kier molecular flexibility index (Phi) is 4.29. The smallest absolute Gasteiger partial charge is 0.303 e. The fourth-order valence-electron chi connectivity index (χ4n) is 2.09. The molecule has 1 heterocycles. The SMILES string of the molecule is Cc1cc(S(=O)(=O)O)ccc1N1N=C(CCC(=O)O)CC1=O. The van der Waals surface area contributed by atoms with E-state index >= 15 is 0 Å². The lowest BCUT2D eigenvalue weighted by atomic mass is 10.1. The minimum Gasteiger partial charge on any atom is -0.481 e. The first kappa shape index (κ1) is 16.1. The molecule has 0 aromatic heterocycles. The average molecular weight is 326 g/mol. The van der Waals surface area contributed by atoms with Gasteiger partial charge in [0.1, 0.15) is 0 Å². The first-order chi connectivity index (χ1) is 10.2. The number of anilines is 1. The van der Waals surface area contributed by atoms with Gasteiger partial charge in [0, 0.05) is 5.71 Å². The Balaban J connectivity index is 2.28. The Morgan fingerprint density at radius 2 is 2.09 bits per heavy atom. The number of benzene rings is 1. The van der Waals surface area contributed by atoms with E-state index in [4.69, 9.17) is 9.66 Å². The second-order valence-corrected chi connectivity index (χ2v) is 6.29. The van der Waals surface area contributed by atoms with Gasteiger partial charge in [0.05, 0.1) is 23.4 Å².